The number of nitrogens with one attached hydrogen (secondary N) is 2. The number of hydrogen-bond acceptors (Lipinski definition) is 9. The molecule has 6 rings (SSSR count). The molecule has 2 atom stereocenters. The number of fused-ring (bicyclic) bond motifs is 2. The lowest BCUT2D eigenvalue weighted by atomic mass is 10.2. The number of nitrogens with zero attached hydrogens (tertiary/aromatic N) is 4. The molecule has 0 radical (unpaired) electrons. The minimum Gasteiger partial charge on any atom is -0.484 e. The van der Waals surface area contributed by atoms with Crippen molar-refractivity contribution >= 4 is 43.7 Å². The molecular weight excluding hydrogens is 727 g/mol. The number of imidazole rings is 2. The maximum absolute atomic E-state index is 13.2. The highest BCUT2D eigenvalue weighted by atomic mass is 32.2. The summed E-state index contributed by atoms with van der Waals surface area (Å²) < 4.78 is 118. The lowest BCUT2D eigenvalue weighted by molar-refractivity contribution is -0.154. The first-order chi connectivity index (χ1) is 24.1. The maximum Gasteiger partial charge on any atom is 0.422 e. The summed E-state index contributed by atoms with van der Waals surface area (Å²) in [5, 5.41) is 0.269. The summed E-state index contributed by atoms with van der Waals surface area (Å²) in [6, 6.07) is 12.6. The second-order valence-corrected chi connectivity index (χ2v) is 13.8. The fraction of sp³-hybridized carbons (Fsp3) is 0.250. The van der Waals surface area contributed by atoms with Crippen molar-refractivity contribution in [2.75, 3.05) is 13.2 Å². The Labute approximate surface area is 289 Å². The zero-order valence-electron chi connectivity index (χ0n) is 26.5. The minimum absolute atomic E-state index is 0.00638. The Bertz CT molecular complexity index is 2120. The van der Waals surface area contributed by atoms with Gasteiger partial charge in [-0.15, -0.1) is 0 Å². The Balaban J connectivity index is 1.12. The van der Waals surface area contributed by atoms with Crippen molar-refractivity contribution in [2.24, 2.45) is 0 Å². The maximum atomic E-state index is 13.2. The Hall–Kier alpha value is -5.04. The van der Waals surface area contributed by atoms with E-state index in [-0.39, 0.29) is 33.3 Å². The normalized spacial score (nSPS) is 13.4. The first-order valence-corrected chi connectivity index (χ1v) is 17.5. The number of pyridine rings is 2. The zero-order chi connectivity index (χ0) is 36.5. The molecule has 0 spiro atoms. The Morgan fingerprint density at radius 1 is 0.647 bits per heavy atom. The van der Waals surface area contributed by atoms with Crippen molar-refractivity contribution in [3.05, 3.63) is 83.4 Å². The second kappa shape index (κ2) is 14.3. The van der Waals surface area contributed by atoms with E-state index in [1.54, 1.807) is 36.4 Å². The third-order valence-electron chi connectivity index (χ3n) is 7.37. The number of hydrogen-bond donors (Lipinski definition) is 2. The molecule has 2 aromatic carbocycles. The molecule has 4 heterocycles. The summed E-state index contributed by atoms with van der Waals surface area (Å²) >= 11 is 0. The Morgan fingerprint density at radius 3 is 1.45 bits per heavy atom. The Morgan fingerprint density at radius 2 is 1.06 bits per heavy atom. The fourth-order valence-corrected chi connectivity index (χ4v) is 7.04. The molecular formula is C32H26F6N6O5S2. The second-order valence-electron chi connectivity index (χ2n) is 11.1. The number of halogens is 6. The van der Waals surface area contributed by atoms with Crippen LogP contribution < -0.4 is 14.2 Å². The van der Waals surface area contributed by atoms with Gasteiger partial charge in [0.2, 0.25) is 0 Å². The quantitative estimate of drug-likeness (QED) is 0.125. The van der Waals surface area contributed by atoms with Gasteiger partial charge in [0.1, 0.15) is 23.0 Å². The van der Waals surface area contributed by atoms with Crippen molar-refractivity contribution in [1.29, 1.82) is 0 Å². The van der Waals surface area contributed by atoms with E-state index in [9.17, 15) is 34.8 Å². The van der Waals surface area contributed by atoms with Crippen molar-refractivity contribution in [2.45, 2.75) is 48.0 Å². The summed E-state index contributed by atoms with van der Waals surface area (Å²) in [6.07, 6.45) is -6.44. The van der Waals surface area contributed by atoms with Crippen LogP contribution in [0, 0.1) is 13.8 Å². The lowest BCUT2D eigenvalue weighted by Gasteiger charge is -2.13. The van der Waals surface area contributed by atoms with E-state index in [2.05, 4.69) is 29.9 Å². The molecule has 2 unspecified atom stereocenters. The van der Waals surface area contributed by atoms with Gasteiger partial charge in [-0.1, -0.05) is 0 Å². The van der Waals surface area contributed by atoms with E-state index >= 15 is 0 Å². The van der Waals surface area contributed by atoms with E-state index in [0.29, 0.717) is 56.1 Å². The molecule has 0 fully saturated rings. The van der Waals surface area contributed by atoms with Gasteiger partial charge in [0.15, 0.2) is 23.5 Å². The van der Waals surface area contributed by atoms with Crippen molar-refractivity contribution < 1.29 is 49.0 Å². The average Bonchev–Trinajstić information content (AvgIpc) is 3.69. The van der Waals surface area contributed by atoms with Crippen LogP contribution in [0.2, 0.25) is 0 Å². The van der Waals surface area contributed by atoms with Gasteiger partial charge in [0, 0.05) is 35.7 Å². The number of aromatic nitrogens is 6. The fourth-order valence-electron chi connectivity index (χ4n) is 4.84. The van der Waals surface area contributed by atoms with Crippen LogP contribution in [0.3, 0.4) is 0 Å². The van der Waals surface area contributed by atoms with E-state index in [0.717, 1.165) is 0 Å². The zero-order valence-corrected chi connectivity index (χ0v) is 28.1. The molecule has 11 nitrogen and oxygen atoms in total. The van der Waals surface area contributed by atoms with Gasteiger partial charge in [-0.2, -0.15) is 26.3 Å². The van der Waals surface area contributed by atoms with Crippen LogP contribution in [0.15, 0.2) is 71.2 Å². The molecule has 0 saturated carbocycles. The average molecular weight is 753 g/mol. The highest BCUT2D eigenvalue weighted by Gasteiger charge is 2.30. The van der Waals surface area contributed by atoms with Gasteiger partial charge < -0.3 is 24.2 Å². The SMILES string of the molecule is Cc1c(OCC(F)(F)F)ccnc1CS(=O)c1nc2ccc(Oc3ccc4nc(S(=O)Cc5nccc(OCC(F)(F)F)c5C)[nH]c4c3)cc2[nH]1. The van der Waals surface area contributed by atoms with Gasteiger partial charge in [-0.05, 0) is 50.2 Å². The van der Waals surface area contributed by atoms with Crippen LogP contribution in [-0.2, 0) is 33.1 Å². The summed E-state index contributed by atoms with van der Waals surface area (Å²) in [6.45, 7) is 0.153. The number of aromatic amines is 2. The Kier molecular flexibility index (Phi) is 10.0. The summed E-state index contributed by atoms with van der Waals surface area (Å²) in [7, 11) is -3.45. The molecule has 0 aliphatic carbocycles. The number of rotatable bonds is 12. The van der Waals surface area contributed by atoms with Gasteiger partial charge in [0.25, 0.3) is 0 Å². The van der Waals surface area contributed by atoms with Crippen LogP contribution in [0.4, 0.5) is 26.3 Å². The molecule has 0 amide bonds. The molecule has 6 aromatic rings. The molecule has 0 aliphatic rings. The number of ether oxygens (including phenoxy) is 3. The molecule has 0 saturated heterocycles. The van der Waals surface area contributed by atoms with Crippen molar-refractivity contribution in [3.63, 3.8) is 0 Å². The van der Waals surface area contributed by atoms with Crippen LogP contribution in [0.25, 0.3) is 22.1 Å². The third-order valence-corrected chi connectivity index (χ3v) is 9.69. The summed E-state index contributed by atoms with van der Waals surface area (Å²) in [5.74, 6) is 0.572. The van der Waals surface area contributed by atoms with Gasteiger partial charge in [-0.25, -0.2) is 9.97 Å². The predicted molar refractivity (Wildman–Crippen MR) is 174 cm³/mol. The molecule has 51 heavy (non-hydrogen) atoms. The molecule has 0 aliphatic heterocycles. The molecule has 4 aromatic heterocycles. The largest absolute Gasteiger partial charge is 0.484 e. The molecule has 268 valence electrons. The summed E-state index contributed by atoms with van der Waals surface area (Å²) in [5.41, 5.74) is 3.30. The van der Waals surface area contributed by atoms with Crippen LogP contribution in [0.1, 0.15) is 22.5 Å². The van der Waals surface area contributed by atoms with Crippen LogP contribution in [-0.4, -0.2) is 63.9 Å². The number of H-pyrrole nitrogens is 2. The van der Waals surface area contributed by atoms with E-state index in [4.69, 9.17) is 14.2 Å². The molecule has 2 N–H and O–H groups in total. The van der Waals surface area contributed by atoms with E-state index < -0.39 is 47.2 Å². The van der Waals surface area contributed by atoms with Crippen LogP contribution in [0.5, 0.6) is 23.0 Å². The highest BCUT2D eigenvalue weighted by molar-refractivity contribution is 7.84. The van der Waals surface area contributed by atoms with Crippen LogP contribution >= 0.6 is 0 Å². The smallest absolute Gasteiger partial charge is 0.422 e. The van der Waals surface area contributed by atoms with Gasteiger partial charge in [-0.3, -0.25) is 18.4 Å². The highest BCUT2D eigenvalue weighted by Crippen LogP contribution is 2.30. The topological polar surface area (TPSA) is 145 Å². The minimum atomic E-state index is -4.51. The monoisotopic (exact) mass is 752 g/mol. The predicted octanol–water partition coefficient (Wildman–Crippen LogP) is 7.14. The molecule has 19 heteroatoms. The first-order valence-electron chi connectivity index (χ1n) is 14.8. The third kappa shape index (κ3) is 8.83. The molecule has 0 bridgehead atoms. The van der Waals surface area contributed by atoms with E-state index in [1.165, 1.54) is 38.4 Å². The van der Waals surface area contributed by atoms with Gasteiger partial charge >= 0.3 is 12.4 Å². The number of alkyl halides is 6. The van der Waals surface area contributed by atoms with Gasteiger partial charge in [0.05, 0.1) is 66.6 Å². The standard InChI is InChI=1S/C32H26F6N6O5S2/c1-17-25(39-9-7-27(17)47-15-31(33,34)35)13-50(45)29-41-21-5-3-19(11-23(21)43-29)49-20-4-6-22-24(12-20)44-30(42-22)51(46)14-26-18(2)28(8-10-40-26)48-16-32(36,37)38/h3-12H,13-16H2,1-2H3,(H,41,43)(H,42,44). The van der Waals surface area contributed by atoms with Crippen molar-refractivity contribution in [1.82, 2.24) is 29.9 Å². The summed E-state index contributed by atoms with van der Waals surface area (Å²) in [4.78, 5) is 23.1. The van der Waals surface area contributed by atoms with E-state index in [1.807, 2.05) is 0 Å². The first kappa shape index (κ1) is 35.8. The number of benzene rings is 2. The van der Waals surface area contributed by atoms with Crippen molar-refractivity contribution in [3.8, 4) is 23.0 Å². The lowest BCUT2D eigenvalue weighted by Crippen LogP contribution is -2.20.